The molecule has 1 aromatic rings. The van der Waals surface area contributed by atoms with E-state index in [9.17, 15) is 0 Å². The molecule has 0 aromatic carbocycles. The van der Waals surface area contributed by atoms with Crippen LogP contribution >= 0.6 is 11.3 Å². The highest BCUT2D eigenvalue weighted by atomic mass is 32.1. The van der Waals surface area contributed by atoms with Crippen molar-refractivity contribution in [3.05, 3.63) is 22.6 Å². The first-order valence-corrected chi connectivity index (χ1v) is 8.85. The van der Waals surface area contributed by atoms with Gasteiger partial charge in [-0.25, -0.2) is 0 Å². The summed E-state index contributed by atoms with van der Waals surface area (Å²) in [4.78, 5) is 1.33. The van der Waals surface area contributed by atoms with E-state index in [1.807, 2.05) is 25.2 Å². The van der Waals surface area contributed by atoms with Crippen molar-refractivity contribution in [1.29, 1.82) is 0 Å². The van der Waals surface area contributed by atoms with E-state index in [2.05, 4.69) is 69.6 Å². The monoisotopic (exact) mass is 306 g/mol. The van der Waals surface area contributed by atoms with E-state index in [-0.39, 0.29) is 0 Å². The van der Waals surface area contributed by atoms with E-state index in [1.54, 1.807) is 0 Å². The van der Waals surface area contributed by atoms with E-state index in [1.165, 1.54) is 21.1 Å². The van der Waals surface area contributed by atoms with Crippen LogP contribution in [0.15, 0.2) is 12.2 Å². The lowest BCUT2D eigenvalue weighted by Gasteiger charge is -2.17. The Hall–Kier alpha value is -1.22. The Kier molecular flexibility index (Phi) is 7.03. The molecule has 2 nitrogen and oxygen atoms in total. The molecule has 1 aliphatic heterocycles. The van der Waals surface area contributed by atoms with Gasteiger partial charge in [-0.2, -0.15) is 0 Å². The molecule has 0 radical (unpaired) electrons. The maximum Gasteiger partial charge on any atom is 0.115 e. The summed E-state index contributed by atoms with van der Waals surface area (Å²) in [6.45, 7) is 15.0. The summed E-state index contributed by atoms with van der Waals surface area (Å²) in [6.07, 6.45) is 9.17. The summed E-state index contributed by atoms with van der Waals surface area (Å²) < 4.78 is 0. The van der Waals surface area contributed by atoms with Crippen LogP contribution in [-0.2, 0) is 0 Å². The topological polar surface area (TPSA) is 24.1 Å². The molecule has 1 aromatic heterocycles. The van der Waals surface area contributed by atoms with Gasteiger partial charge in [-0.3, -0.25) is 0 Å². The van der Waals surface area contributed by atoms with Crippen molar-refractivity contribution in [3.63, 3.8) is 0 Å². The Morgan fingerprint density at radius 2 is 1.71 bits per heavy atom. The van der Waals surface area contributed by atoms with Crippen LogP contribution in [0.25, 0.3) is 12.2 Å². The summed E-state index contributed by atoms with van der Waals surface area (Å²) in [5, 5.41) is 8.47. The van der Waals surface area contributed by atoms with Crippen LogP contribution in [-0.4, -0.2) is 6.17 Å². The van der Waals surface area contributed by atoms with Crippen LogP contribution in [0.4, 0.5) is 10.7 Å². The molecule has 2 rings (SSSR count). The summed E-state index contributed by atoms with van der Waals surface area (Å²) in [5.41, 5.74) is 2.59. The van der Waals surface area contributed by atoms with Crippen molar-refractivity contribution < 1.29 is 0 Å². The smallest absolute Gasteiger partial charge is 0.115 e. The molecule has 2 N–H and O–H groups in total. The molecule has 0 saturated carbocycles. The lowest BCUT2D eigenvalue weighted by Crippen LogP contribution is -2.28. The van der Waals surface area contributed by atoms with Crippen LogP contribution in [0.2, 0.25) is 0 Å². The van der Waals surface area contributed by atoms with Crippen LogP contribution in [0.3, 0.4) is 0 Å². The van der Waals surface area contributed by atoms with Crippen LogP contribution < -0.4 is 10.6 Å². The molecule has 1 atom stereocenters. The first-order valence-electron chi connectivity index (χ1n) is 8.03. The number of anilines is 2. The van der Waals surface area contributed by atoms with Gasteiger partial charge in [0.05, 0.1) is 11.9 Å². The second-order valence-electron chi connectivity index (χ2n) is 5.70. The minimum Gasteiger partial charge on any atom is -0.362 e. The molecule has 21 heavy (non-hydrogen) atoms. The zero-order valence-electron chi connectivity index (χ0n) is 14.4. The van der Waals surface area contributed by atoms with E-state index in [0.717, 1.165) is 0 Å². The summed E-state index contributed by atoms with van der Waals surface area (Å²) in [5.74, 6) is 1.15. The molecule has 0 aliphatic carbocycles. The van der Waals surface area contributed by atoms with Gasteiger partial charge < -0.3 is 10.6 Å². The van der Waals surface area contributed by atoms with Gasteiger partial charge in [0.25, 0.3) is 0 Å². The third kappa shape index (κ3) is 4.37. The number of allylic oxidation sites excluding steroid dienone is 2. The Labute approximate surface area is 134 Å². The zero-order chi connectivity index (χ0) is 16.0. The van der Waals surface area contributed by atoms with Crippen molar-refractivity contribution in [2.75, 3.05) is 10.6 Å². The largest absolute Gasteiger partial charge is 0.362 e. The fourth-order valence-electron chi connectivity index (χ4n) is 2.10. The van der Waals surface area contributed by atoms with E-state index in [4.69, 9.17) is 0 Å². The normalized spacial score (nSPS) is 17.1. The Morgan fingerprint density at radius 3 is 2.24 bits per heavy atom. The minimum absolute atomic E-state index is 0.354. The number of nitrogens with one attached hydrogen (secondary N) is 2. The highest BCUT2D eigenvalue weighted by Gasteiger charge is 2.27. The number of hydrogen-bond donors (Lipinski definition) is 2. The van der Waals surface area contributed by atoms with Gasteiger partial charge in [-0.15, -0.1) is 11.3 Å². The Morgan fingerprint density at radius 1 is 1.05 bits per heavy atom. The minimum atomic E-state index is 0.354. The van der Waals surface area contributed by atoms with Crippen molar-refractivity contribution >= 4 is 34.2 Å². The first-order chi connectivity index (χ1) is 10.0. The van der Waals surface area contributed by atoms with Crippen molar-refractivity contribution in [2.45, 2.75) is 54.6 Å². The number of rotatable bonds is 4. The number of thiophene rings is 1. The molecule has 1 aliphatic rings. The summed E-state index contributed by atoms with van der Waals surface area (Å²) in [6, 6.07) is 0. The third-order valence-corrected chi connectivity index (χ3v) is 4.29. The highest BCUT2D eigenvalue weighted by Crippen LogP contribution is 2.44. The molecule has 0 saturated heterocycles. The van der Waals surface area contributed by atoms with Gasteiger partial charge >= 0.3 is 0 Å². The van der Waals surface area contributed by atoms with Crippen LogP contribution in [0.5, 0.6) is 0 Å². The Balaban J connectivity index is 0.00000106. The fraction of sp³-hybridized carbons (Fsp3) is 0.556. The molecule has 0 fully saturated rings. The number of fused-ring (bicyclic) bond motifs is 1. The van der Waals surface area contributed by atoms with Gasteiger partial charge in [0, 0.05) is 10.4 Å². The third-order valence-electron chi connectivity index (χ3n) is 3.19. The standard InChI is InChI=1S/C16H24N2S.C2H6/c1-6-7-13-12(9-8-10(2)3)14-16(19-13)18-15(17-14)11(4)5;1-2/h6-11,15,17-18H,1-5H3;1-2H3/b7-6-,9-8-;. The molecule has 0 amide bonds. The second kappa shape index (κ2) is 8.28. The molecule has 1 unspecified atom stereocenters. The zero-order valence-corrected chi connectivity index (χ0v) is 15.3. The van der Waals surface area contributed by atoms with E-state index in [0.29, 0.717) is 18.0 Å². The fourth-order valence-corrected chi connectivity index (χ4v) is 3.26. The second-order valence-corrected chi connectivity index (χ2v) is 6.75. The SMILES string of the molecule is C/C=C\c1sc2c(c1/C=C\C(C)C)NC(C(C)C)N2.CC. The summed E-state index contributed by atoms with van der Waals surface area (Å²) in [7, 11) is 0. The molecular weight excluding hydrogens is 276 g/mol. The molecule has 0 bridgehead atoms. The van der Waals surface area contributed by atoms with Crippen LogP contribution in [0.1, 0.15) is 58.9 Å². The Bertz CT molecular complexity index is 496. The van der Waals surface area contributed by atoms with Gasteiger partial charge in [-0.1, -0.05) is 59.8 Å². The molecule has 0 spiro atoms. The maximum atomic E-state index is 3.62. The molecule has 3 heteroatoms. The van der Waals surface area contributed by atoms with E-state index >= 15 is 0 Å². The van der Waals surface area contributed by atoms with Gasteiger partial charge in [-0.05, 0) is 24.8 Å². The average Bonchev–Trinajstić information content (AvgIpc) is 2.97. The maximum absolute atomic E-state index is 3.62. The first kappa shape index (κ1) is 17.8. The van der Waals surface area contributed by atoms with Crippen molar-refractivity contribution in [1.82, 2.24) is 0 Å². The predicted octanol–water partition coefficient (Wildman–Crippen LogP) is 6.30. The lowest BCUT2D eigenvalue weighted by atomic mass is 10.1. The summed E-state index contributed by atoms with van der Waals surface area (Å²) >= 11 is 1.83. The van der Waals surface area contributed by atoms with Gasteiger partial charge in [0.1, 0.15) is 5.00 Å². The van der Waals surface area contributed by atoms with E-state index < -0.39 is 0 Å². The highest BCUT2D eigenvalue weighted by molar-refractivity contribution is 7.18. The predicted molar refractivity (Wildman–Crippen MR) is 100 cm³/mol. The number of hydrogen-bond acceptors (Lipinski definition) is 3. The lowest BCUT2D eigenvalue weighted by molar-refractivity contribution is 0.581. The van der Waals surface area contributed by atoms with Crippen molar-refractivity contribution in [3.8, 4) is 0 Å². The van der Waals surface area contributed by atoms with Crippen LogP contribution in [0, 0.1) is 11.8 Å². The quantitative estimate of drug-likeness (QED) is 0.682. The molecule has 2 heterocycles. The molecular formula is C18H30N2S. The van der Waals surface area contributed by atoms with Crippen molar-refractivity contribution in [2.24, 2.45) is 11.8 Å². The molecule has 118 valence electrons. The van der Waals surface area contributed by atoms with Gasteiger partial charge in [0.2, 0.25) is 0 Å². The average molecular weight is 307 g/mol. The van der Waals surface area contributed by atoms with Gasteiger partial charge in [0.15, 0.2) is 0 Å².